The van der Waals surface area contributed by atoms with E-state index in [1.165, 1.54) is 0 Å². The topological polar surface area (TPSA) is 107 Å². The molecule has 3 rings (SSSR count). The fourth-order valence-electron chi connectivity index (χ4n) is 3.94. The first-order valence-corrected chi connectivity index (χ1v) is 8.98. The summed E-state index contributed by atoms with van der Waals surface area (Å²) in [6.07, 6.45) is 4.81. The number of hydrogen-bond donors (Lipinski definition) is 2. The molecule has 25 heavy (non-hydrogen) atoms. The molecule has 0 spiro atoms. The summed E-state index contributed by atoms with van der Waals surface area (Å²) >= 11 is 0. The number of nitrogens with one attached hydrogen (secondary N) is 1. The summed E-state index contributed by atoms with van der Waals surface area (Å²) in [6.45, 7) is 2.01. The number of likely N-dealkylation sites (tertiary alicyclic amines) is 1. The molecule has 0 bridgehead atoms. The normalized spacial score (nSPS) is 29.7. The number of urea groups is 1. The molecule has 3 aliphatic rings. The van der Waals surface area contributed by atoms with Crippen LogP contribution in [0.1, 0.15) is 51.9 Å². The summed E-state index contributed by atoms with van der Waals surface area (Å²) in [4.78, 5) is 51.0. The molecular formula is C17H25N3O5. The average Bonchev–Trinajstić information content (AvgIpc) is 3.39. The van der Waals surface area contributed by atoms with Crippen LogP contribution in [0.2, 0.25) is 0 Å². The van der Waals surface area contributed by atoms with Crippen LogP contribution in [0.4, 0.5) is 4.79 Å². The van der Waals surface area contributed by atoms with E-state index in [4.69, 9.17) is 5.11 Å². The first kappa shape index (κ1) is 17.7. The Morgan fingerprint density at radius 2 is 1.96 bits per heavy atom. The highest BCUT2D eigenvalue weighted by Crippen LogP contribution is 2.42. The number of rotatable bonds is 6. The van der Waals surface area contributed by atoms with Gasteiger partial charge in [0.05, 0.1) is 0 Å². The molecule has 0 radical (unpaired) electrons. The van der Waals surface area contributed by atoms with Crippen molar-refractivity contribution in [2.24, 2.45) is 5.92 Å². The Morgan fingerprint density at radius 3 is 2.60 bits per heavy atom. The van der Waals surface area contributed by atoms with Crippen molar-refractivity contribution in [2.45, 2.75) is 63.5 Å². The molecule has 1 aliphatic carbocycles. The standard InChI is InChI=1S/C17H25N3O5/c1-17(11-5-6-11)15(24)20(16(25)18-17)10-13(21)19-9-3-2-4-12(19)7-8-14(22)23/h11-12H,2-10H2,1H3,(H,18,25)(H,22,23). The maximum absolute atomic E-state index is 12.7. The van der Waals surface area contributed by atoms with Gasteiger partial charge < -0.3 is 15.3 Å². The van der Waals surface area contributed by atoms with Crippen LogP contribution in [0.25, 0.3) is 0 Å². The molecule has 8 heteroatoms. The highest BCUT2D eigenvalue weighted by molar-refractivity contribution is 6.09. The van der Waals surface area contributed by atoms with Gasteiger partial charge in [0.15, 0.2) is 0 Å². The molecule has 2 saturated heterocycles. The summed E-state index contributed by atoms with van der Waals surface area (Å²) in [5, 5.41) is 11.6. The van der Waals surface area contributed by atoms with Crippen molar-refractivity contribution < 1.29 is 24.3 Å². The number of nitrogens with zero attached hydrogens (tertiary/aromatic N) is 2. The summed E-state index contributed by atoms with van der Waals surface area (Å²) < 4.78 is 0. The maximum atomic E-state index is 12.7. The van der Waals surface area contributed by atoms with Crippen LogP contribution in [0.3, 0.4) is 0 Å². The third-order valence-corrected chi connectivity index (χ3v) is 5.63. The molecule has 8 nitrogen and oxygen atoms in total. The van der Waals surface area contributed by atoms with Gasteiger partial charge in [0.1, 0.15) is 12.1 Å². The molecule has 0 aromatic heterocycles. The Labute approximate surface area is 146 Å². The lowest BCUT2D eigenvalue weighted by Crippen LogP contribution is -2.50. The van der Waals surface area contributed by atoms with Gasteiger partial charge in [0, 0.05) is 19.0 Å². The highest BCUT2D eigenvalue weighted by Gasteiger charge is 2.56. The van der Waals surface area contributed by atoms with Gasteiger partial charge in [-0.3, -0.25) is 19.3 Å². The summed E-state index contributed by atoms with van der Waals surface area (Å²) in [7, 11) is 0. The van der Waals surface area contributed by atoms with Crippen LogP contribution >= 0.6 is 0 Å². The van der Waals surface area contributed by atoms with Crippen LogP contribution < -0.4 is 5.32 Å². The van der Waals surface area contributed by atoms with Gasteiger partial charge in [-0.05, 0) is 51.4 Å². The zero-order valence-electron chi connectivity index (χ0n) is 14.5. The van der Waals surface area contributed by atoms with Gasteiger partial charge >= 0.3 is 12.0 Å². The fraction of sp³-hybridized carbons (Fsp3) is 0.765. The highest BCUT2D eigenvalue weighted by atomic mass is 16.4. The van der Waals surface area contributed by atoms with E-state index in [2.05, 4.69) is 5.32 Å². The van der Waals surface area contributed by atoms with Crippen LogP contribution in [-0.2, 0) is 14.4 Å². The SMILES string of the molecule is CC1(C2CC2)NC(=O)N(CC(=O)N2CCCCC2CCC(=O)O)C1=O. The van der Waals surface area contributed by atoms with Gasteiger partial charge in [-0.25, -0.2) is 4.79 Å². The van der Waals surface area contributed by atoms with E-state index in [9.17, 15) is 19.2 Å². The Balaban J connectivity index is 1.65. The third kappa shape index (κ3) is 3.48. The number of imide groups is 1. The van der Waals surface area contributed by atoms with Gasteiger partial charge in [0.25, 0.3) is 5.91 Å². The van der Waals surface area contributed by atoms with Gasteiger partial charge in [-0.15, -0.1) is 0 Å². The Bertz CT molecular complexity index is 603. The van der Waals surface area contributed by atoms with Crippen molar-refractivity contribution in [1.82, 2.24) is 15.1 Å². The zero-order chi connectivity index (χ0) is 18.2. The van der Waals surface area contributed by atoms with Crippen molar-refractivity contribution in [2.75, 3.05) is 13.1 Å². The van der Waals surface area contributed by atoms with Crippen molar-refractivity contribution in [3.05, 3.63) is 0 Å². The van der Waals surface area contributed by atoms with Gasteiger partial charge in [-0.1, -0.05) is 0 Å². The first-order valence-electron chi connectivity index (χ1n) is 8.98. The lowest BCUT2D eigenvalue weighted by molar-refractivity contribution is -0.142. The number of aliphatic carboxylic acids is 1. The predicted octanol–water partition coefficient (Wildman–Crippen LogP) is 0.953. The Hall–Kier alpha value is -2.12. The maximum Gasteiger partial charge on any atom is 0.325 e. The molecule has 3 fully saturated rings. The summed E-state index contributed by atoms with van der Waals surface area (Å²) in [5.74, 6) is -1.33. The number of hydrogen-bond acceptors (Lipinski definition) is 4. The zero-order valence-corrected chi connectivity index (χ0v) is 14.5. The monoisotopic (exact) mass is 351 g/mol. The third-order valence-electron chi connectivity index (χ3n) is 5.63. The van der Waals surface area contributed by atoms with E-state index in [0.717, 1.165) is 37.0 Å². The molecule has 4 amide bonds. The molecule has 0 aromatic rings. The summed E-state index contributed by atoms with van der Waals surface area (Å²) in [6, 6.07) is -0.639. The van der Waals surface area contributed by atoms with Crippen LogP contribution in [-0.4, -0.2) is 63.4 Å². The van der Waals surface area contributed by atoms with Crippen LogP contribution in [0.15, 0.2) is 0 Å². The molecular weight excluding hydrogens is 326 g/mol. The van der Waals surface area contributed by atoms with Gasteiger partial charge in [-0.2, -0.15) is 0 Å². The van der Waals surface area contributed by atoms with E-state index >= 15 is 0 Å². The fourth-order valence-corrected chi connectivity index (χ4v) is 3.94. The number of carbonyl (C=O) groups is 4. The van der Waals surface area contributed by atoms with Crippen molar-refractivity contribution in [1.29, 1.82) is 0 Å². The minimum Gasteiger partial charge on any atom is -0.481 e. The molecule has 1 saturated carbocycles. The molecule has 2 aliphatic heterocycles. The number of carbonyl (C=O) groups excluding carboxylic acids is 3. The minimum atomic E-state index is -0.887. The number of amides is 4. The summed E-state index contributed by atoms with van der Waals surface area (Å²) in [5.41, 5.74) is -0.887. The number of piperidine rings is 1. The lowest BCUT2D eigenvalue weighted by atomic mass is 9.96. The van der Waals surface area contributed by atoms with E-state index < -0.39 is 17.5 Å². The van der Waals surface area contributed by atoms with Gasteiger partial charge in [0.2, 0.25) is 5.91 Å². The van der Waals surface area contributed by atoms with E-state index in [1.54, 1.807) is 11.8 Å². The quantitative estimate of drug-likeness (QED) is 0.693. The molecule has 2 heterocycles. The molecule has 2 atom stereocenters. The second-order valence-electron chi connectivity index (χ2n) is 7.47. The predicted molar refractivity (Wildman–Crippen MR) is 87.6 cm³/mol. The van der Waals surface area contributed by atoms with E-state index in [0.29, 0.717) is 13.0 Å². The first-order chi connectivity index (χ1) is 11.8. The average molecular weight is 351 g/mol. The van der Waals surface area contributed by atoms with Crippen molar-refractivity contribution in [3.8, 4) is 0 Å². The molecule has 2 unspecified atom stereocenters. The van der Waals surface area contributed by atoms with Crippen molar-refractivity contribution in [3.63, 3.8) is 0 Å². The van der Waals surface area contributed by atoms with E-state index in [1.807, 2.05) is 0 Å². The van der Waals surface area contributed by atoms with E-state index in [-0.39, 0.29) is 36.7 Å². The van der Waals surface area contributed by atoms with Crippen LogP contribution in [0.5, 0.6) is 0 Å². The largest absolute Gasteiger partial charge is 0.481 e. The molecule has 138 valence electrons. The van der Waals surface area contributed by atoms with Crippen LogP contribution in [0, 0.1) is 5.92 Å². The smallest absolute Gasteiger partial charge is 0.325 e. The van der Waals surface area contributed by atoms with Crippen molar-refractivity contribution >= 4 is 23.8 Å². The Morgan fingerprint density at radius 1 is 1.24 bits per heavy atom. The lowest BCUT2D eigenvalue weighted by Gasteiger charge is -2.36. The second kappa shape index (κ2) is 6.65. The number of carboxylic acids is 1. The second-order valence-corrected chi connectivity index (χ2v) is 7.47. The molecule has 0 aromatic carbocycles. The molecule has 2 N–H and O–H groups in total. The minimum absolute atomic E-state index is 0.0112. The number of carboxylic acid groups (broad SMARTS) is 1. The Kier molecular flexibility index (Phi) is 4.71.